The van der Waals surface area contributed by atoms with E-state index in [1.807, 2.05) is 30.3 Å². The summed E-state index contributed by atoms with van der Waals surface area (Å²) < 4.78 is 20.6. The second kappa shape index (κ2) is 13.9. The standard InChI is InChI=1S/C34H43FN2O3/c1-24(2)28-13-10-14-29(21-28)34(17-8-5-9-18-34)36-22-32(39)31(37-25(3)38)20-27-15-16-33(30(35)19-27)40-23-26-11-6-4-7-12-26/h4,6-7,10-16,19,21,24,31-32,36,39H,5,8-9,17-18,20,22-23H2,1-3H3,(H,37,38). The first-order chi connectivity index (χ1) is 19.3. The third kappa shape index (κ3) is 7.92. The van der Waals surface area contributed by atoms with E-state index in [0.717, 1.165) is 31.2 Å². The number of amides is 1. The van der Waals surface area contributed by atoms with Crippen molar-refractivity contribution < 1.29 is 19.0 Å². The second-order valence-corrected chi connectivity index (χ2v) is 11.4. The van der Waals surface area contributed by atoms with E-state index in [9.17, 15) is 14.3 Å². The molecule has 0 aliphatic heterocycles. The monoisotopic (exact) mass is 546 g/mol. The molecule has 2 unspecified atom stereocenters. The Bertz CT molecular complexity index is 1240. The van der Waals surface area contributed by atoms with Crippen molar-refractivity contribution in [3.05, 3.63) is 101 Å². The van der Waals surface area contributed by atoms with Crippen LogP contribution >= 0.6 is 0 Å². The Morgan fingerprint density at radius 1 is 0.975 bits per heavy atom. The number of nitrogens with one attached hydrogen (secondary N) is 2. The smallest absolute Gasteiger partial charge is 0.217 e. The minimum Gasteiger partial charge on any atom is -0.486 e. The number of aliphatic hydroxyl groups excluding tert-OH is 1. The minimum atomic E-state index is -0.854. The highest BCUT2D eigenvalue weighted by Gasteiger charge is 2.35. The molecule has 3 N–H and O–H groups in total. The topological polar surface area (TPSA) is 70.6 Å². The van der Waals surface area contributed by atoms with Gasteiger partial charge in [0.25, 0.3) is 0 Å². The molecule has 1 aliphatic rings. The minimum absolute atomic E-state index is 0.175. The summed E-state index contributed by atoms with van der Waals surface area (Å²) in [5.74, 6) is -0.0854. The molecule has 4 rings (SSSR count). The molecule has 0 radical (unpaired) electrons. The number of hydrogen-bond donors (Lipinski definition) is 3. The quantitative estimate of drug-likeness (QED) is 0.246. The molecule has 1 amide bonds. The third-order valence-corrected chi connectivity index (χ3v) is 8.00. The molecule has 2 atom stereocenters. The summed E-state index contributed by atoms with van der Waals surface area (Å²) in [7, 11) is 0. The first-order valence-corrected chi connectivity index (χ1v) is 14.5. The summed E-state index contributed by atoms with van der Waals surface area (Å²) >= 11 is 0. The van der Waals surface area contributed by atoms with Crippen molar-refractivity contribution in [2.45, 2.75) is 89.5 Å². The molecule has 40 heavy (non-hydrogen) atoms. The number of rotatable bonds is 12. The van der Waals surface area contributed by atoms with Crippen LogP contribution in [0, 0.1) is 5.82 Å². The SMILES string of the molecule is CC(=O)NC(Cc1ccc(OCc2ccccc2)c(F)c1)C(O)CNC1(c2cccc(C(C)C)c2)CCCCC1. The fourth-order valence-corrected chi connectivity index (χ4v) is 5.68. The number of benzene rings is 3. The summed E-state index contributed by atoms with van der Waals surface area (Å²) in [5.41, 5.74) is 3.99. The summed E-state index contributed by atoms with van der Waals surface area (Å²) in [6.07, 6.45) is 4.91. The fourth-order valence-electron chi connectivity index (χ4n) is 5.68. The van der Waals surface area contributed by atoms with Gasteiger partial charge in [0.2, 0.25) is 5.91 Å². The lowest BCUT2D eigenvalue weighted by molar-refractivity contribution is -0.120. The zero-order chi connectivity index (χ0) is 28.5. The van der Waals surface area contributed by atoms with Crippen LogP contribution in [0.4, 0.5) is 4.39 Å². The maximum Gasteiger partial charge on any atom is 0.217 e. The highest BCUT2D eigenvalue weighted by atomic mass is 19.1. The first-order valence-electron chi connectivity index (χ1n) is 14.5. The zero-order valence-electron chi connectivity index (χ0n) is 24.0. The van der Waals surface area contributed by atoms with Crippen molar-refractivity contribution in [3.63, 3.8) is 0 Å². The number of carbonyl (C=O) groups excluding carboxylic acids is 1. The van der Waals surface area contributed by atoms with Gasteiger partial charge in [-0.25, -0.2) is 4.39 Å². The Morgan fingerprint density at radius 3 is 2.40 bits per heavy atom. The lowest BCUT2D eigenvalue weighted by atomic mass is 9.75. The maximum atomic E-state index is 14.9. The molecular weight excluding hydrogens is 503 g/mol. The van der Waals surface area contributed by atoms with Crippen molar-refractivity contribution in [2.75, 3.05) is 6.54 Å². The van der Waals surface area contributed by atoms with Crippen LogP contribution in [-0.2, 0) is 23.4 Å². The van der Waals surface area contributed by atoms with Gasteiger partial charge in [0, 0.05) is 19.0 Å². The highest BCUT2D eigenvalue weighted by molar-refractivity contribution is 5.73. The first kappa shape index (κ1) is 29.8. The summed E-state index contributed by atoms with van der Waals surface area (Å²) in [4.78, 5) is 12.0. The Balaban J connectivity index is 1.44. The van der Waals surface area contributed by atoms with E-state index < -0.39 is 18.0 Å². The molecule has 0 saturated heterocycles. The molecule has 0 bridgehead atoms. The van der Waals surface area contributed by atoms with Crippen LogP contribution in [-0.4, -0.2) is 29.7 Å². The lowest BCUT2D eigenvalue weighted by Crippen LogP contribution is -2.53. The van der Waals surface area contributed by atoms with Gasteiger partial charge in [-0.2, -0.15) is 0 Å². The fraction of sp³-hybridized carbons (Fsp3) is 0.441. The molecule has 214 valence electrons. The molecule has 5 nitrogen and oxygen atoms in total. The van der Waals surface area contributed by atoms with Crippen LogP contribution in [0.3, 0.4) is 0 Å². The number of hydrogen-bond acceptors (Lipinski definition) is 4. The van der Waals surface area contributed by atoms with Gasteiger partial charge in [0.1, 0.15) is 6.61 Å². The Labute approximate surface area is 238 Å². The van der Waals surface area contributed by atoms with Crippen molar-refractivity contribution >= 4 is 5.91 Å². The molecule has 6 heteroatoms. The van der Waals surface area contributed by atoms with Gasteiger partial charge in [-0.1, -0.05) is 93.8 Å². The summed E-state index contributed by atoms with van der Waals surface area (Å²) in [6, 6.07) is 22.7. The zero-order valence-corrected chi connectivity index (χ0v) is 24.0. The van der Waals surface area contributed by atoms with Gasteiger partial charge in [0.05, 0.1) is 12.1 Å². The van der Waals surface area contributed by atoms with Gasteiger partial charge < -0.3 is 20.5 Å². The number of ether oxygens (including phenoxy) is 1. The normalized spacial score (nSPS) is 16.4. The Hall–Kier alpha value is -3.22. The summed E-state index contributed by atoms with van der Waals surface area (Å²) in [5, 5.41) is 17.9. The van der Waals surface area contributed by atoms with Gasteiger partial charge >= 0.3 is 0 Å². The molecular formula is C34H43FN2O3. The van der Waals surface area contributed by atoms with Crippen LogP contribution in [0.15, 0.2) is 72.8 Å². The van der Waals surface area contributed by atoms with E-state index in [-0.39, 0.29) is 23.8 Å². The number of carbonyl (C=O) groups is 1. The maximum absolute atomic E-state index is 14.9. The molecule has 3 aromatic carbocycles. The third-order valence-electron chi connectivity index (χ3n) is 8.00. The van der Waals surface area contributed by atoms with Crippen LogP contribution in [0.2, 0.25) is 0 Å². The Kier molecular flexibility index (Phi) is 10.3. The van der Waals surface area contributed by atoms with Crippen molar-refractivity contribution in [2.24, 2.45) is 0 Å². The van der Waals surface area contributed by atoms with Gasteiger partial charge in [0.15, 0.2) is 11.6 Å². The average Bonchev–Trinajstić information content (AvgIpc) is 2.96. The van der Waals surface area contributed by atoms with Crippen LogP contribution in [0.25, 0.3) is 0 Å². The molecule has 0 aromatic heterocycles. The molecule has 1 fully saturated rings. The van der Waals surface area contributed by atoms with E-state index in [1.54, 1.807) is 12.1 Å². The largest absolute Gasteiger partial charge is 0.486 e. The van der Waals surface area contributed by atoms with Gasteiger partial charge in [-0.15, -0.1) is 0 Å². The molecule has 1 aliphatic carbocycles. The molecule has 3 aromatic rings. The van der Waals surface area contributed by atoms with Crippen molar-refractivity contribution in [1.29, 1.82) is 0 Å². The van der Waals surface area contributed by atoms with Crippen molar-refractivity contribution in [1.82, 2.24) is 10.6 Å². The van der Waals surface area contributed by atoms with E-state index in [4.69, 9.17) is 4.74 Å². The van der Waals surface area contributed by atoms with Gasteiger partial charge in [-0.3, -0.25) is 4.79 Å². The number of aliphatic hydroxyl groups is 1. The van der Waals surface area contributed by atoms with Crippen LogP contribution in [0.5, 0.6) is 5.75 Å². The predicted molar refractivity (Wildman–Crippen MR) is 158 cm³/mol. The summed E-state index contributed by atoms with van der Waals surface area (Å²) in [6.45, 7) is 6.43. The van der Waals surface area contributed by atoms with Crippen LogP contribution < -0.4 is 15.4 Å². The molecule has 1 saturated carbocycles. The predicted octanol–water partition coefficient (Wildman–Crippen LogP) is 6.39. The van der Waals surface area contributed by atoms with E-state index in [1.165, 1.54) is 30.5 Å². The van der Waals surface area contributed by atoms with Crippen molar-refractivity contribution in [3.8, 4) is 5.75 Å². The van der Waals surface area contributed by atoms with Crippen LogP contribution in [0.1, 0.15) is 81.0 Å². The molecule has 0 spiro atoms. The average molecular weight is 547 g/mol. The highest BCUT2D eigenvalue weighted by Crippen LogP contribution is 2.38. The van der Waals surface area contributed by atoms with E-state index in [0.29, 0.717) is 24.4 Å². The van der Waals surface area contributed by atoms with E-state index in [2.05, 4.69) is 48.7 Å². The lowest BCUT2D eigenvalue weighted by Gasteiger charge is -2.40. The van der Waals surface area contributed by atoms with Gasteiger partial charge in [-0.05, 0) is 59.6 Å². The second-order valence-electron chi connectivity index (χ2n) is 11.4. The Morgan fingerprint density at radius 2 is 1.73 bits per heavy atom. The van der Waals surface area contributed by atoms with E-state index >= 15 is 0 Å². The number of halogens is 1. The molecule has 0 heterocycles.